The summed E-state index contributed by atoms with van der Waals surface area (Å²) < 4.78 is 0. The molecule has 0 bridgehead atoms. The topological polar surface area (TPSA) is 0 Å². The Morgan fingerprint density at radius 2 is 2.33 bits per heavy atom. The van der Waals surface area contributed by atoms with Crippen molar-refractivity contribution in [2.24, 2.45) is 0 Å². The van der Waals surface area contributed by atoms with E-state index >= 15 is 0 Å². The highest BCUT2D eigenvalue weighted by atomic mass is 14.0. The predicted octanol–water partition coefficient (Wildman–Crippen LogP) is 2.84. The first-order valence-corrected chi connectivity index (χ1v) is 3.39. The van der Waals surface area contributed by atoms with Gasteiger partial charge in [-0.15, -0.1) is 0 Å². The lowest BCUT2D eigenvalue weighted by atomic mass is 10.0. The molecule has 0 heterocycles. The second kappa shape index (κ2) is 3.29. The first-order valence-electron chi connectivity index (χ1n) is 3.39. The monoisotopic (exact) mass is 120 g/mol. The van der Waals surface area contributed by atoms with Gasteiger partial charge in [-0.25, -0.2) is 0 Å². The molecule has 0 aromatic heterocycles. The van der Waals surface area contributed by atoms with E-state index in [9.17, 15) is 0 Å². The molecule has 0 heteroatoms. The predicted molar refractivity (Wildman–Crippen MR) is 41.3 cm³/mol. The molecular formula is C9H12. The first-order chi connectivity index (χ1) is 4.43. The van der Waals surface area contributed by atoms with E-state index in [0.717, 1.165) is 6.42 Å². The summed E-state index contributed by atoms with van der Waals surface area (Å²) in [6.45, 7) is 3.65. The van der Waals surface area contributed by atoms with Gasteiger partial charge in [0.25, 0.3) is 0 Å². The molecule has 0 N–H and O–H groups in total. The van der Waals surface area contributed by atoms with E-state index in [1.165, 1.54) is 18.4 Å². The number of hydrogen-bond acceptors (Lipinski definition) is 0. The molecule has 0 aromatic rings. The van der Waals surface area contributed by atoms with Gasteiger partial charge in [-0.3, -0.25) is 0 Å². The third-order valence-electron chi connectivity index (χ3n) is 1.53. The van der Waals surface area contributed by atoms with Gasteiger partial charge < -0.3 is 0 Å². The molecule has 0 radical (unpaired) electrons. The Morgan fingerprint density at radius 1 is 1.44 bits per heavy atom. The van der Waals surface area contributed by atoms with Crippen LogP contribution < -0.4 is 0 Å². The quantitative estimate of drug-likeness (QED) is 0.467. The third kappa shape index (κ3) is 1.88. The number of allylic oxidation sites excluding steroid dienone is 5. The fraction of sp³-hybridized carbons (Fsp3) is 0.333. The van der Waals surface area contributed by atoms with Gasteiger partial charge in [0.05, 0.1) is 0 Å². The van der Waals surface area contributed by atoms with Gasteiger partial charge in [-0.1, -0.05) is 36.5 Å². The van der Waals surface area contributed by atoms with Gasteiger partial charge in [-0.2, -0.15) is 0 Å². The van der Waals surface area contributed by atoms with Gasteiger partial charge in [0.2, 0.25) is 0 Å². The SMILES string of the molecule is C=C/C=C1\CC=CCC1. The molecule has 1 rings (SSSR count). The Bertz CT molecular complexity index is 149. The van der Waals surface area contributed by atoms with Crippen LogP contribution in [0.5, 0.6) is 0 Å². The standard InChI is InChI=1S/C9H12/c1-2-6-9-7-4-3-5-8-9/h2-4,6H,1,5,7-8H2/b9-6+. The number of rotatable bonds is 1. The fourth-order valence-corrected chi connectivity index (χ4v) is 1.04. The maximum Gasteiger partial charge on any atom is -0.0136 e. The largest absolute Gasteiger partial charge is 0.0991 e. The zero-order valence-electron chi connectivity index (χ0n) is 5.64. The van der Waals surface area contributed by atoms with Crippen LogP contribution in [0.15, 0.2) is 36.5 Å². The molecule has 48 valence electrons. The maximum atomic E-state index is 3.65. The molecule has 1 aliphatic rings. The van der Waals surface area contributed by atoms with Crippen LogP contribution in [-0.2, 0) is 0 Å². The molecule has 0 saturated carbocycles. The average Bonchev–Trinajstić information content (AvgIpc) is 1.91. The van der Waals surface area contributed by atoms with Crippen LogP contribution in [0.25, 0.3) is 0 Å². The second-order valence-electron chi connectivity index (χ2n) is 2.27. The van der Waals surface area contributed by atoms with Crippen LogP contribution in [0, 0.1) is 0 Å². The summed E-state index contributed by atoms with van der Waals surface area (Å²) in [6, 6.07) is 0. The smallest absolute Gasteiger partial charge is 0.0136 e. The van der Waals surface area contributed by atoms with E-state index < -0.39 is 0 Å². The lowest BCUT2D eigenvalue weighted by molar-refractivity contribution is 0.900. The molecular weight excluding hydrogens is 108 g/mol. The minimum Gasteiger partial charge on any atom is -0.0991 e. The lowest BCUT2D eigenvalue weighted by Crippen LogP contribution is -1.85. The van der Waals surface area contributed by atoms with Crippen molar-refractivity contribution in [3.8, 4) is 0 Å². The van der Waals surface area contributed by atoms with Crippen molar-refractivity contribution in [2.45, 2.75) is 19.3 Å². The Balaban J connectivity index is 2.52. The van der Waals surface area contributed by atoms with E-state index in [1.54, 1.807) is 0 Å². The van der Waals surface area contributed by atoms with E-state index in [1.807, 2.05) is 6.08 Å². The summed E-state index contributed by atoms with van der Waals surface area (Å²) in [6.07, 6.45) is 12.0. The number of hydrogen-bond donors (Lipinski definition) is 0. The van der Waals surface area contributed by atoms with Crippen LogP contribution in [0.4, 0.5) is 0 Å². The molecule has 0 amide bonds. The zero-order valence-corrected chi connectivity index (χ0v) is 5.64. The highest BCUT2D eigenvalue weighted by Crippen LogP contribution is 2.16. The van der Waals surface area contributed by atoms with E-state index in [0.29, 0.717) is 0 Å². The van der Waals surface area contributed by atoms with Gasteiger partial charge in [0, 0.05) is 0 Å². The van der Waals surface area contributed by atoms with Crippen LogP contribution >= 0.6 is 0 Å². The van der Waals surface area contributed by atoms with Crippen molar-refractivity contribution in [1.82, 2.24) is 0 Å². The van der Waals surface area contributed by atoms with Gasteiger partial charge in [0.15, 0.2) is 0 Å². The van der Waals surface area contributed by atoms with Crippen molar-refractivity contribution < 1.29 is 0 Å². The summed E-state index contributed by atoms with van der Waals surface area (Å²) in [5, 5.41) is 0. The van der Waals surface area contributed by atoms with Crippen molar-refractivity contribution in [1.29, 1.82) is 0 Å². The Kier molecular flexibility index (Phi) is 2.32. The summed E-state index contributed by atoms with van der Waals surface area (Å²) in [5.41, 5.74) is 1.51. The second-order valence-corrected chi connectivity index (χ2v) is 2.27. The minimum absolute atomic E-state index is 1.13. The van der Waals surface area contributed by atoms with Crippen LogP contribution in [0.3, 0.4) is 0 Å². The summed E-state index contributed by atoms with van der Waals surface area (Å²) in [7, 11) is 0. The van der Waals surface area contributed by atoms with E-state index in [4.69, 9.17) is 0 Å². The molecule has 0 spiro atoms. The summed E-state index contributed by atoms with van der Waals surface area (Å²) >= 11 is 0. The zero-order chi connectivity index (χ0) is 6.53. The van der Waals surface area contributed by atoms with Crippen molar-refractivity contribution in [3.05, 3.63) is 36.5 Å². The molecule has 9 heavy (non-hydrogen) atoms. The maximum absolute atomic E-state index is 3.65. The fourth-order valence-electron chi connectivity index (χ4n) is 1.04. The first kappa shape index (κ1) is 6.34. The summed E-state index contributed by atoms with van der Waals surface area (Å²) in [5.74, 6) is 0. The van der Waals surface area contributed by atoms with Crippen molar-refractivity contribution in [3.63, 3.8) is 0 Å². The molecule has 1 aliphatic carbocycles. The van der Waals surface area contributed by atoms with Crippen LogP contribution in [0.2, 0.25) is 0 Å². The minimum atomic E-state index is 1.13. The van der Waals surface area contributed by atoms with E-state index in [2.05, 4.69) is 24.8 Å². The molecule has 0 fully saturated rings. The Labute approximate surface area is 56.6 Å². The lowest BCUT2D eigenvalue weighted by Gasteiger charge is -2.05. The van der Waals surface area contributed by atoms with E-state index in [-0.39, 0.29) is 0 Å². The van der Waals surface area contributed by atoms with Crippen LogP contribution in [-0.4, -0.2) is 0 Å². The Morgan fingerprint density at radius 3 is 2.89 bits per heavy atom. The van der Waals surface area contributed by atoms with Crippen LogP contribution in [0.1, 0.15) is 19.3 Å². The summed E-state index contributed by atoms with van der Waals surface area (Å²) in [4.78, 5) is 0. The molecule has 0 saturated heterocycles. The van der Waals surface area contributed by atoms with Crippen molar-refractivity contribution >= 4 is 0 Å². The van der Waals surface area contributed by atoms with Gasteiger partial charge in [0.1, 0.15) is 0 Å². The molecule has 0 atom stereocenters. The third-order valence-corrected chi connectivity index (χ3v) is 1.53. The molecule has 0 aromatic carbocycles. The van der Waals surface area contributed by atoms with Gasteiger partial charge in [-0.05, 0) is 19.3 Å². The molecule has 0 nitrogen and oxygen atoms in total. The highest BCUT2D eigenvalue weighted by molar-refractivity contribution is 5.17. The molecule has 0 aliphatic heterocycles. The van der Waals surface area contributed by atoms with Crippen molar-refractivity contribution in [2.75, 3.05) is 0 Å². The molecule has 0 unspecified atom stereocenters. The highest BCUT2D eigenvalue weighted by Gasteiger charge is 1.96. The normalized spacial score (nSPS) is 22.4. The Hall–Kier alpha value is -0.780. The average molecular weight is 120 g/mol. The van der Waals surface area contributed by atoms with Gasteiger partial charge >= 0.3 is 0 Å².